The van der Waals surface area contributed by atoms with E-state index in [4.69, 9.17) is 5.26 Å². The second kappa shape index (κ2) is 7.18. The van der Waals surface area contributed by atoms with Crippen molar-refractivity contribution in [1.29, 1.82) is 5.26 Å². The number of benzene rings is 2. The van der Waals surface area contributed by atoms with Gasteiger partial charge in [0.05, 0.1) is 11.6 Å². The van der Waals surface area contributed by atoms with Crippen molar-refractivity contribution in [1.82, 2.24) is 5.32 Å². The third-order valence-electron chi connectivity index (χ3n) is 3.26. The molecule has 2 N–H and O–H groups in total. The predicted octanol–water partition coefficient (Wildman–Crippen LogP) is 2.12. The minimum Gasteiger partial charge on any atom is -0.480 e. The highest BCUT2D eigenvalue weighted by Crippen LogP contribution is 2.10. The van der Waals surface area contributed by atoms with E-state index in [1.54, 1.807) is 6.07 Å². The van der Waals surface area contributed by atoms with E-state index in [-0.39, 0.29) is 17.5 Å². The van der Waals surface area contributed by atoms with Gasteiger partial charge in [0.1, 0.15) is 11.9 Å². The average molecular weight is 312 g/mol. The van der Waals surface area contributed by atoms with Gasteiger partial charge in [-0.05, 0) is 35.9 Å². The van der Waals surface area contributed by atoms with Crippen LogP contribution in [-0.2, 0) is 11.2 Å². The number of hydrogen-bond acceptors (Lipinski definition) is 3. The maximum absolute atomic E-state index is 13.6. The number of carbonyl (C=O) groups excluding carboxylic acids is 1. The van der Waals surface area contributed by atoms with Crippen molar-refractivity contribution in [3.05, 3.63) is 71.0 Å². The summed E-state index contributed by atoms with van der Waals surface area (Å²) in [6.45, 7) is 0. The molecule has 5 nitrogen and oxygen atoms in total. The third-order valence-corrected chi connectivity index (χ3v) is 3.26. The fourth-order valence-corrected chi connectivity index (χ4v) is 2.02. The molecule has 2 aromatic rings. The molecule has 0 saturated heterocycles. The second-order valence-corrected chi connectivity index (χ2v) is 4.85. The first-order chi connectivity index (χ1) is 11.0. The zero-order valence-electron chi connectivity index (χ0n) is 12.0. The van der Waals surface area contributed by atoms with Crippen LogP contribution < -0.4 is 5.32 Å². The standard InChI is InChI=1S/C17H13FN2O3/c18-14-4-2-1-3-13(14)9-15(17(22)23)20-16(21)12-7-5-11(10-19)6-8-12/h1-8,15H,9H2,(H,20,21)(H,22,23)/t15-/m1/s1. The Labute approximate surface area is 132 Å². The van der Waals surface area contributed by atoms with Crippen LogP contribution in [-0.4, -0.2) is 23.0 Å². The molecule has 116 valence electrons. The van der Waals surface area contributed by atoms with Crippen LogP contribution in [0.3, 0.4) is 0 Å². The van der Waals surface area contributed by atoms with Crippen molar-refractivity contribution in [2.75, 3.05) is 0 Å². The smallest absolute Gasteiger partial charge is 0.326 e. The van der Waals surface area contributed by atoms with Crippen molar-refractivity contribution >= 4 is 11.9 Å². The molecule has 0 radical (unpaired) electrons. The molecule has 0 heterocycles. The summed E-state index contributed by atoms with van der Waals surface area (Å²) in [4.78, 5) is 23.4. The zero-order chi connectivity index (χ0) is 16.8. The van der Waals surface area contributed by atoms with Gasteiger partial charge < -0.3 is 10.4 Å². The molecule has 0 aliphatic heterocycles. The molecule has 0 spiro atoms. The number of hydrogen-bond donors (Lipinski definition) is 2. The van der Waals surface area contributed by atoms with Crippen molar-refractivity contribution < 1.29 is 19.1 Å². The van der Waals surface area contributed by atoms with Crippen LogP contribution in [0.5, 0.6) is 0 Å². The van der Waals surface area contributed by atoms with E-state index < -0.39 is 23.7 Å². The molecule has 0 aromatic heterocycles. The normalized spacial score (nSPS) is 11.3. The van der Waals surface area contributed by atoms with Crippen LogP contribution in [0, 0.1) is 17.1 Å². The highest BCUT2D eigenvalue weighted by molar-refractivity contribution is 5.96. The first kappa shape index (κ1) is 16.2. The SMILES string of the molecule is N#Cc1ccc(C(=O)N[C@H](Cc2ccccc2F)C(=O)O)cc1. The van der Waals surface area contributed by atoms with Gasteiger partial charge >= 0.3 is 5.97 Å². The number of nitrogens with one attached hydrogen (secondary N) is 1. The Morgan fingerprint density at radius 2 is 1.83 bits per heavy atom. The predicted molar refractivity (Wildman–Crippen MR) is 80.2 cm³/mol. The Kier molecular flexibility index (Phi) is 5.05. The van der Waals surface area contributed by atoms with Gasteiger partial charge in [-0.1, -0.05) is 18.2 Å². The lowest BCUT2D eigenvalue weighted by Gasteiger charge is -2.15. The van der Waals surface area contributed by atoms with Crippen LogP contribution in [0.25, 0.3) is 0 Å². The number of carboxylic acids is 1. The summed E-state index contributed by atoms with van der Waals surface area (Å²) in [6, 6.07) is 12.2. The van der Waals surface area contributed by atoms with E-state index >= 15 is 0 Å². The monoisotopic (exact) mass is 312 g/mol. The summed E-state index contributed by atoms with van der Waals surface area (Å²) in [5.41, 5.74) is 0.825. The summed E-state index contributed by atoms with van der Waals surface area (Å²) in [5, 5.41) is 20.3. The fraction of sp³-hybridized carbons (Fsp3) is 0.118. The average Bonchev–Trinajstić information content (AvgIpc) is 2.56. The minimum absolute atomic E-state index is 0.163. The highest BCUT2D eigenvalue weighted by Gasteiger charge is 2.22. The Hall–Kier alpha value is -3.20. The number of rotatable bonds is 5. The number of carbonyl (C=O) groups is 2. The molecule has 23 heavy (non-hydrogen) atoms. The Balaban J connectivity index is 2.13. The second-order valence-electron chi connectivity index (χ2n) is 4.85. The van der Waals surface area contributed by atoms with Crippen LogP contribution in [0.2, 0.25) is 0 Å². The summed E-state index contributed by atoms with van der Waals surface area (Å²) in [5.74, 6) is -2.38. The number of nitrogens with zero attached hydrogens (tertiary/aromatic N) is 1. The maximum atomic E-state index is 13.6. The fourth-order valence-electron chi connectivity index (χ4n) is 2.02. The number of carboxylic acid groups (broad SMARTS) is 1. The molecule has 0 fully saturated rings. The van der Waals surface area contributed by atoms with Gasteiger partial charge in [-0.2, -0.15) is 5.26 Å². The lowest BCUT2D eigenvalue weighted by atomic mass is 10.0. The molecule has 0 aliphatic carbocycles. The van der Waals surface area contributed by atoms with Crippen molar-refractivity contribution in [2.24, 2.45) is 0 Å². The summed E-state index contributed by atoms with van der Waals surface area (Å²) in [7, 11) is 0. The topological polar surface area (TPSA) is 90.2 Å². The largest absolute Gasteiger partial charge is 0.480 e. The van der Waals surface area contributed by atoms with Crippen LogP contribution in [0.15, 0.2) is 48.5 Å². The molecule has 0 unspecified atom stereocenters. The summed E-state index contributed by atoms with van der Waals surface area (Å²) in [6.07, 6.45) is -0.163. The van der Waals surface area contributed by atoms with Gasteiger partial charge in [-0.15, -0.1) is 0 Å². The first-order valence-corrected chi connectivity index (χ1v) is 6.78. The van der Waals surface area contributed by atoms with Gasteiger partial charge in [0.25, 0.3) is 5.91 Å². The molecule has 1 amide bonds. The quantitative estimate of drug-likeness (QED) is 0.885. The van der Waals surface area contributed by atoms with Crippen LogP contribution in [0.4, 0.5) is 4.39 Å². The molecule has 0 saturated carbocycles. The van der Waals surface area contributed by atoms with Gasteiger partial charge in [0.15, 0.2) is 0 Å². The van der Waals surface area contributed by atoms with Gasteiger partial charge in [0, 0.05) is 12.0 Å². The Morgan fingerprint density at radius 3 is 2.39 bits per heavy atom. The Bertz CT molecular complexity index is 766. The number of aliphatic carboxylic acids is 1. The first-order valence-electron chi connectivity index (χ1n) is 6.78. The zero-order valence-corrected chi connectivity index (χ0v) is 12.0. The summed E-state index contributed by atoms with van der Waals surface area (Å²) < 4.78 is 13.6. The summed E-state index contributed by atoms with van der Waals surface area (Å²) >= 11 is 0. The minimum atomic E-state index is -1.25. The molecular formula is C17H13FN2O3. The number of nitriles is 1. The number of halogens is 1. The number of amides is 1. The molecule has 6 heteroatoms. The van der Waals surface area contributed by atoms with Gasteiger partial charge in [0.2, 0.25) is 0 Å². The van der Waals surface area contributed by atoms with E-state index in [0.717, 1.165) is 0 Å². The van der Waals surface area contributed by atoms with Crippen molar-refractivity contribution in [3.8, 4) is 6.07 Å². The molecule has 1 atom stereocenters. The molecule has 0 aliphatic rings. The van der Waals surface area contributed by atoms with Gasteiger partial charge in [-0.25, -0.2) is 9.18 Å². The maximum Gasteiger partial charge on any atom is 0.326 e. The lowest BCUT2D eigenvalue weighted by molar-refractivity contribution is -0.139. The van der Waals surface area contributed by atoms with E-state index in [1.807, 2.05) is 6.07 Å². The molecular weight excluding hydrogens is 299 g/mol. The van der Waals surface area contributed by atoms with Gasteiger partial charge in [-0.3, -0.25) is 4.79 Å². The molecule has 0 bridgehead atoms. The van der Waals surface area contributed by atoms with Crippen LogP contribution >= 0.6 is 0 Å². The van der Waals surface area contributed by atoms with E-state index in [1.165, 1.54) is 42.5 Å². The van der Waals surface area contributed by atoms with E-state index in [0.29, 0.717) is 5.56 Å². The van der Waals surface area contributed by atoms with E-state index in [2.05, 4.69) is 5.32 Å². The van der Waals surface area contributed by atoms with Crippen LogP contribution in [0.1, 0.15) is 21.5 Å². The third kappa shape index (κ3) is 4.14. The van der Waals surface area contributed by atoms with Crippen molar-refractivity contribution in [3.63, 3.8) is 0 Å². The van der Waals surface area contributed by atoms with E-state index in [9.17, 15) is 19.1 Å². The van der Waals surface area contributed by atoms with Crippen molar-refractivity contribution in [2.45, 2.75) is 12.5 Å². The highest BCUT2D eigenvalue weighted by atomic mass is 19.1. The molecule has 2 aromatic carbocycles. The Morgan fingerprint density at radius 1 is 1.17 bits per heavy atom. The molecule has 2 rings (SSSR count). The lowest BCUT2D eigenvalue weighted by Crippen LogP contribution is -2.42.